The van der Waals surface area contributed by atoms with Gasteiger partial charge in [0.1, 0.15) is 11.4 Å². The molecule has 0 aromatic heterocycles. The van der Waals surface area contributed by atoms with Crippen molar-refractivity contribution in [2.24, 2.45) is 0 Å². The van der Waals surface area contributed by atoms with E-state index in [1.165, 1.54) is 16.5 Å². The summed E-state index contributed by atoms with van der Waals surface area (Å²) in [6.45, 7) is 0.774. The van der Waals surface area contributed by atoms with Gasteiger partial charge in [0.05, 0.1) is 0 Å². The minimum Gasteiger partial charge on any atom is -0.365 e. The predicted octanol–water partition coefficient (Wildman–Crippen LogP) is 4.34. The summed E-state index contributed by atoms with van der Waals surface area (Å²) in [5, 5.41) is 0. The van der Waals surface area contributed by atoms with Crippen molar-refractivity contribution in [3.05, 3.63) is 59.4 Å². The predicted molar refractivity (Wildman–Crippen MR) is 72.9 cm³/mol. The van der Waals surface area contributed by atoms with E-state index in [9.17, 15) is 4.39 Å². The Kier molecular flexibility index (Phi) is 2.47. The zero-order chi connectivity index (χ0) is 12.9. The average Bonchev–Trinajstić information content (AvgIpc) is 2.89. The van der Waals surface area contributed by atoms with Gasteiger partial charge in [0, 0.05) is 27.5 Å². The van der Waals surface area contributed by atoms with Crippen molar-refractivity contribution >= 4 is 11.8 Å². The van der Waals surface area contributed by atoms with E-state index < -0.39 is 0 Å². The molecule has 1 nitrogen and oxygen atoms in total. The second kappa shape index (κ2) is 4.09. The van der Waals surface area contributed by atoms with E-state index in [2.05, 4.69) is 18.2 Å². The molecule has 1 fully saturated rings. The fourth-order valence-corrected chi connectivity index (χ4v) is 4.37. The third-order valence-corrected chi connectivity index (χ3v) is 5.08. The topological polar surface area (TPSA) is 9.23 Å². The van der Waals surface area contributed by atoms with Crippen LogP contribution in [0.25, 0.3) is 0 Å². The fraction of sp³-hybridized carbons (Fsp3) is 0.250. The molecule has 1 atom stereocenters. The molecule has 0 aliphatic carbocycles. The number of hydrogen-bond donors (Lipinski definition) is 0. The Hall–Kier alpha value is -1.32. The van der Waals surface area contributed by atoms with Gasteiger partial charge in [0.2, 0.25) is 0 Å². The van der Waals surface area contributed by atoms with Crippen molar-refractivity contribution in [2.75, 3.05) is 6.61 Å². The number of fused-ring (bicyclic) bond motifs is 4. The maximum atomic E-state index is 13.5. The van der Waals surface area contributed by atoms with E-state index in [0.717, 1.165) is 29.9 Å². The Bertz CT molecular complexity index is 647. The molecule has 19 heavy (non-hydrogen) atoms. The van der Waals surface area contributed by atoms with Gasteiger partial charge in [-0.2, -0.15) is 0 Å². The van der Waals surface area contributed by atoms with Crippen LogP contribution in [0.2, 0.25) is 0 Å². The first kappa shape index (κ1) is 11.5. The molecular formula is C16H13FOS. The Balaban J connectivity index is 2.00. The van der Waals surface area contributed by atoms with Crippen LogP contribution in [0.15, 0.2) is 52.3 Å². The highest BCUT2D eigenvalue weighted by atomic mass is 32.2. The van der Waals surface area contributed by atoms with Crippen LogP contribution in [0.4, 0.5) is 4.39 Å². The van der Waals surface area contributed by atoms with Crippen LogP contribution in [0.3, 0.4) is 0 Å². The summed E-state index contributed by atoms with van der Waals surface area (Å²) in [7, 11) is 0. The molecule has 0 saturated carbocycles. The van der Waals surface area contributed by atoms with Crippen LogP contribution >= 0.6 is 11.8 Å². The molecule has 0 N–H and O–H groups in total. The van der Waals surface area contributed by atoms with Crippen LogP contribution in [0.1, 0.15) is 24.0 Å². The van der Waals surface area contributed by atoms with Gasteiger partial charge in [-0.15, -0.1) is 0 Å². The molecule has 2 aromatic carbocycles. The standard InChI is InChI=1S/C16H13FOS/c17-11-6-7-13-15(10-11)19-14-5-2-1-4-12(14)16(13)8-3-9-18-16/h1-2,4-7,10H,3,8-9H2. The van der Waals surface area contributed by atoms with Crippen molar-refractivity contribution in [1.82, 2.24) is 0 Å². The minimum absolute atomic E-state index is 0.182. The van der Waals surface area contributed by atoms with Gasteiger partial charge in [0.25, 0.3) is 0 Å². The maximum absolute atomic E-state index is 13.5. The molecule has 2 aliphatic rings. The highest BCUT2D eigenvalue weighted by molar-refractivity contribution is 7.99. The molecule has 3 heteroatoms. The molecular weight excluding hydrogens is 259 g/mol. The SMILES string of the molecule is Fc1ccc2c(c1)Sc1ccccc1C21CCCO1. The summed E-state index contributed by atoms with van der Waals surface area (Å²) in [5.74, 6) is -0.182. The molecule has 2 aromatic rings. The molecule has 0 radical (unpaired) electrons. The second-order valence-electron chi connectivity index (χ2n) is 5.02. The first-order chi connectivity index (χ1) is 9.29. The largest absolute Gasteiger partial charge is 0.365 e. The fourth-order valence-electron chi connectivity index (χ4n) is 3.13. The molecule has 4 rings (SSSR count). The van der Waals surface area contributed by atoms with Crippen LogP contribution in [0, 0.1) is 5.82 Å². The molecule has 1 unspecified atom stereocenters. The summed E-state index contributed by atoms with van der Waals surface area (Å²) < 4.78 is 19.6. The van der Waals surface area contributed by atoms with E-state index in [1.54, 1.807) is 17.8 Å². The lowest BCUT2D eigenvalue weighted by Gasteiger charge is -2.36. The third kappa shape index (κ3) is 1.58. The maximum Gasteiger partial charge on any atom is 0.124 e. The normalized spacial score (nSPS) is 24.3. The van der Waals surface area contributed by atoms with E-state index >= 15 is 0 Å². The van der Waals surface area contributed by atoms with Gasteiger partial charge >= 0.3 is 0 Å². The van der Waals surface area contributed by atoms with Gasteiger partial charge in [-0.05, 0) is 31.0 Å². The van der Waals surface area contributed by atoms with Crippen LogP contribution < -0.4 is 0 Å². The lowest BCUT2D eigenvalue weighted by Crippen LogP contribution is -2.30. The Morgan fingerprint density at radius 2 is 1.89 bits per heavy atom. The summed E-state index contributed by atoms with van der Waals surface area (Å²) in [4.78, 5) is 2.17. The zero-order valence-electron chi connectivity index (χ0n) is 10.4. The number of halogens is 1. The first-order valence-corrected chi connectivity index (χ1v) is 7.33. The van der Waals surface area contributed by atoms with Crippen molar-refractivity contribution in [3.8, 4) is 0 Å². The van der Waals surface area contributed by atoms with Crippen LogP contribution in [-0.4, -0.2) is 6.61 Å². The quantitative estimate of drug-likeness (QED) is 0.705. The average molecular weight is 272 g/mol. The Morgan fingerprint density at radius 1 is 1.05 bits per heavy atom. The molecule has 96 valence electrons. The van der Waals surface area contributed by atoms with E-state index in [1.807, 2.05) is 12.1 Å². The second-order valence-corrected chi connectivity index (χ2v) is 6.10. The number of rotatable bonds is 0. The van der Waals surface area contributed by atoms with Crippen LogP contribution in [0.5, 0.6) is 0 Å². The molecule has 1 spiro atoms. The van der Waals surface area contributed by atoms with Crippen molar-refractivity contribution in [3.63, 3.8) is 0 Å². The van der Waals surface area contributed by atoms with Gasteiger partial charge in [0.15, 0.2) is 0 Å². The molecule has 0 bridgehead atoms. The first-order valence-electron chi connectivity index (χ1n) is 6.51. The molecule has 1 saturated heterocycles. The smallest absolute Gasteiger partial charge is 0.124 e. The van der Waals surface area contributed by atoms with Crippen LogP contribution in [-0.2, 0) is 10.3 Å². The molecule has 2 heterocycles. The van der Waals surface area contributed by atoms with Gasteiger partial charge < -0.3 is 4.74 Å². The van der Waals surface area contributed by atoms with Crippen molar-refractivity contribution in [2.45, 2.75) is 28.2 Å². The minimum atomic E-state index is -0.356. The third-order valence-electron chi connectivity index (χ3n) is 3.94. The molecule has 2 aliphatic heterocycles. The highest BCUT2D eigenvalue weighted by Crippen LogP contribution is 2.53. The Labute approximate surface area is 115 Å². The summed E-state index contributed by atoms with van der Waals surface area (Å²) in [5.41, 5.74) is 2.00. The van der Waals surface area contributed by atoms with Crippen molar-refractivity contribution < 1.29 is 9.13 Å². The van der Waals surface area contributed by atoms with E-state index in [-0.39, 0.29) is 11.4 Å². The lowest BCUT2D eigenvalue weighted by molar-refractivity contribution is 0.0307. The van der Waals surface area contributed by atoms with Gasteiger partial charge in [-0.25, -0.2) is 4.39 Å². The number of ether oxygens (including phenoxy) is 1. The van der Waals surface area contributed by atoms with Crippen molar-refractivity contribution in [1.29, 1.82) is 0 Å². The van der Waals surface area contributed by atoms with E-state index in [0.29, 0.717) is 0 Å². The summed E-state index contributed by atoms with van der Waals surface area (Å²) >= 11 is 1.64. The lowest BCUT2D eigenvalue weighted by atomic mass is 9.83. The van der Waals surface area contributed by atoms with E-state index in [4.69, 9.17) is 4.74 Å². The number of benzene rings is 2. The Morgan fingerprint density at radius 3 is 2.74 bits per heavy atom. The zero-order valence-corrected chi connectivity index (χ0v) is 11.2. The van der Waals surface area contributed by atoms with Gasteiger partial charge in [-0.1, -0.05) is 36.0 Å². The summed E-state index contributed by atoms with van der Waals surface area (Å²) in [6, 6.07) is 13.4. The monoisotopic (exact) mass is 272 g/mol. The highest BCUT2D eigenvalue weighted by Gasteiger charge is 2.44. The number of hydrogen-bond acceptors (Lipinski definition) is 2. The summed E-state index contributed by atoms with van der Waals surface area (Å²) in [6.07, 6.45) is 2.03. The molecule has 0 amide bonds. The van der Waals surface area contributed by atoms with Gasteiger partial charge in [-0.3, -0.25) is 0 Å².